The van der Waals surface area contributed by atoms with Crippen molar-refractivity contribution in [3.05, 3.63) is 35.9 Å². The van der Waals surface area contributed by atoms with Gasteiger partial charge in [-0.05, 0) is 18.2 Å². The highest BCUT2D eigenvalue weighted by Crippen LogP contribution is 2.27. The summed E-state index contributed by atoms with van der Waals surface area (Å²) in [5, 5.41) is 9.69. The van der Waals surface area contributed by atoms with Crippen molar-refractivity contribution in [1.82, 2.24) is 14.9 Å². The molecule has 0 atom stereocenters. The molecular weight excluding hydrogens is 286 g/mol. The Morgan fingerprint density at radius 3 is 2.55 bits per heavy atom. The van der Waals surface area contributed by atoms with Crippen molar-refractivity contribution >= 4 is 29.1 Å². The van der Waals surface area contributed by atoms with Crippen LogP contribution in [0.5, 0.6) is 5.75 Å². The fourth-order valence-electron chi connectivity index (χ4n) is 1.36. The molecule has 0 radical (unpaired) electrons. The molecule has 1 aromatic carbocycles. The molecule has 8 nitrogen and oxygen atoms in total. The zero-order chi connectivity index (χ0) is 14.5. The van der Waals surface area contributed by atoms with E-state index in [0.717, 1.165) is 4.68 Å². The van der Waals surface area contributed by atoms with Crippen LogP contribution in [0.15, 0.2) is 30.9 Å². The lowest BCUT2D eigenvalue weighted by Gasteiger charge is -2.08. The van der Waals surface area contributed by atoms with Gasteiger partial charge in [-0.3, -0.25) is 15.0 Å². The summed E-state index contributed by atoms with van der Waals surface area (Å²) in [4.78, 5) is 23.2. The Morgan fingerprint density at radius 1 is 1.25 bits per heavy atom. The average Bonchev–Trinajstić information content (AvgIpc) is 2.91. The molecule has 1 heterocycles. The Kier molecular flexibility index (Phi) is 4.16. The van der Waals surface area contributed by atoms with Gasteiger partial charge < -0.3 is 10.1 Å². The molecule has 0 unspecified atom stereocenters. The van der Waals surface area contributed by atoms with Crippen molar-refractivity contribution in [2.24, 2.45) is 0 Å². The quantitative estimate of drug-likeness (QED) is 0.810. The zero-order valence-electron chi connectivity index (χ0n) is 10.3. The molecule has 9 heteroatoms. The van der Waals surface area contributed by atoms with Gasteiger partial charge in [0.1, 0.15) is 18.4 Å². The minimum absolute atomic E-state index is 0.324. The minimum Gasteiger partial charge on any atom is -0.495 e. The van der Waals surface area contributed by atoms with Gasteiger partial charge in [0.25, 0.3) is 0 Å². The summed E-state index contributed by atoms with van der Waals surface area (Å²) in [6.45, 7) is 0. The Labute approximate surface area is 118 Å². The summed E-state index contributed by atoms with van der Waals surface area (Å²) in [5.41, 5.74) is 2.64. The van der Waals surface area contributed by atoms with Gasteiger partial charge in [0.2, 0.25) is 0 Å². The van der Waals surface area contributed by atoms with Gasteiger partial charge in [-0.2, -0.15) is 0 Å². The van der Waals surface area contributed by atoms with E-state index in [9.17, 15) is 9.59 Å². The smallest absolute Gasteiger partial charge is 0.328 e. The highest BCUT2D eigenvalue weighted by atomic mass is 35.5. The van der Waals surface area contributed by atoms with Crippen LogP contribution in [0.25, 0.3) is 0 Å². The lowest BCUT2D eigenvalue weighted by molar-refractivity contribution is -0.133. The maximum absolute atomic E-state index is 11.7. The second-order valence-electron chi connectivity index (χ2n) is 3.61. The summed E-state index contributed by atoms with van der Waals surface area (Å²) >= 11 is 5.91. The fourth-order valence-corrected chi connectivity index (χ4v) is 1.62. The van der Waals surface area contributed by atoms with E-state index in [1.165, 1.54) is 25.8 Å². The first-order chi connectivity index (χ1) is 9.60. The van der Waals surface area contributed by atoms with E-state index in [1.807, 2.05) is 0 Å². The van der Waals surface area contributed by atoms with Crippen molar-refractivity contribution in [2.75, 3.05) is 17.9 Å². The zero-order valence-corrected chi connectivity index (χ0v) is 11.1. The number of rotatable bonds is 3. The van der Waals surface area contributed by atoms with Crippen LogP contribution in [0.1, 0.15) is 0 Å². The molecule has 0 aliphatic heterocycles. The first-order valence-electron chi connectivity index (χ1n) is 5.40. The standard InChI is InChI=1S/C11H10ClN5O3/c1-20-9-3-2-7(4-8(9)12)15-10(18)11(19)16-17-5-13-14-6-17/h2-6H,1H3,(H,15,18)(H,16,19). The van der Waals surface area contributed by atoms with Crippen LogP contribution in [-0.4, -0.2) is 33.8 Å². The van der Waals surface area contributed by atoms with Gasteiger partial charge in [-0.15, -0.1) is 10.2 Å². The molecular formula is C11H10ClN5O3. The van der Waals surface area contributed by atoms with Gasteiger partial charge in [-0.1, -0.05) is 11.6 Å². The van der Waals surface area contributed by atoms with Gasteiger partial charge in [-0.25, -0.2) is 4.68 Å². The molecule has 0 aliphatic rings. The number of ether oxygens (including phenoxy) is 1. The van der Waals surface area contributed by atoms with Crippen molar-refractivity contribution in [3.8, 4) is 5.75 Å². The maximum Gasteiger partial charge on any atom is 0.328 e. The normalized spacial score (nSPS) is 9.90. The summed E-state index contributed by atoms with van der Waals surface area (Å²) in [6.07, 6.45) is 2.49. The van der Waals surface area contributed by atoms with Crippen molar-refractivity contribution in [2.45, 2.75) is 0 Å². The van der Waals surface area contributed by atoms with Crippen LogP contribution in [0.3, 0.4) is 0 Å². The molecule has 0 saturated heterocycles. The highest BCUT2D eigenvalue weighted by molar-refractivity contribution is 6.42. The Hall–Kier alpha value is -2.61. The fraction of sp³-hybridized carbons (Fsp3) is 0.0909. The number of hydrogen-bond donors (Lipinski definition) is 2. The van der Waals surface area contributed by atoms with Gasteiger partial charge in [0.15, 0.2) is 0 Å². The van der Waals surface area contributed by atoms with Crippen LogP contribution in [0.4, 0.5) is 5.69 Å². The first kappa shape index (κ1) is 13.8. The number of hydrogen-bond acceptors (Lipinski definition) is 5. The third-order valence-electron chi connectivity index (χ3n) is 2.27. The van der Waals surface area contributed by atoms with Crippen LogP contribution in [0.2, 0.25) is 5.02 Å². The molecule has 0 bridgehead atoms. The molecule has 2 rings (SSSR count). The number of aromatic nitrogens is 3. The number of carbonyl (C=O) groups excluding carboxylic acids is 2. The monoisotopic (exact) mass is 295 g/mol. The maximum atomic E-state index is 11.7. The van der Waals surface area contributed by atoms with Gasteiger partial charge >= 0.3 is 11.8 Å². The molecule has 0 saturated carbocycles. The Bertz CT molecular complexity index is 629. The third kappa shape index (κ3) is 3.23. The second kappa shape index (κ2) is 6.02. The molecule has 104 valence electrons. The third-order valence-corrected chi connectivity index (χ3v) is 2.56. The lowest BCUT2D eigenvalue weighted by atomic mass is 10.3. The van der Waals surface area contributed by atoms with E-state index in [4.69, 9.17) is 16.3 Å². The van der Waals surface area contributed by atoms with Crippen LogP contribution < -0.4 is 15.5 Å². The number of benzene rings is 1. The number of amides is 2. The van der Waals surface area contributed by atoms with Crippen molar-refractivity contribution in [1.29, 1.82) is 0 Å². The molecule has 2 aromatic rings. The summed E-state index contributed by atoms with van der Waals surface area (Å²) in [6, 6.07) is 4.62. The summed E-state index contributed by atoms with van der Waals surface area (Å²) in [5.74, 6) is -1.24. The molecule has 0 spiro atoms. The Balaban J connectivity index is 2.00. The Morgan fingerprint density at radius 2 is 1.95 bits per heavy atom. The second-order valence-corrected chi connectivity index (χ2v) is 4.02. The van der Waals surface area contributed by atoms with Crippen molar-refractivity contribution < 1.29 is 14.3 Å². The molecule has 2 N–H and O–H groups in total. The van der Waals surface area contributed by atoms with E-state index in [-0.39, 0.29) is 0 Å². The van der Waals surface area contributed by atoms with Gasteiger partial charge in [0, 0.05) is 5.69 Å². The number of carbonyl (C=O) groups is 2. The number of halogens is 1. The minimum atomic E-state index is -0.864. The SMILES string of the molecule is COc1ccc(NC(=O)C(=O)Nn2cnnc2)cc1Cl. The van der Waals surface area contributed by atoms with E-state index < -0.39 is 11.8 Å². The molecule has 20 heavy (non-hydrogen) atoms. The first-order valence-corrected chi connectivity index (χ1v) is 5.78. The predicted octanol–water partition coefficient (Wildman–Crippen LogP) is 0.649. The number of nitrogens with zero attached hydrogens (tertiary/aromatic N) is 3. The van der Waals surface area contributed by atoms with Crippen LogP contribution in [-0.2, 0) is 9.59 Å². The molecule has 2 amide bonds. The summed E-state index contributed by atoms with van der Waals surface area (Å²) < 4.78 is 6.14. The van der Waals surface area contributed by atoms with Crippen LogP contribution in [0, 0.1) is 0 Å². The van der Waals surface area contributed by atoms with Crippen LogP contribution >= 0.6 is 11.6 Å². The van der Waals surface area contributed by atoms with E-state index >= 15 is 0 Å². The molecule has 0 aliphatic carbocycles. The number of nitrogens with one attached hydrogen (secondary N) is 2. The topological polar surface area (TPSA) is 98.1 Å². The lowest BCUT2D eigenvalue weighted by Crippen LogP contribution is -2.33. The van der Waals surface area contributed by atoms with E-state index in [2.05, 4.69) is 20.9 Å². The summed E-state index contributed by atoms with van der Waals surface area (Å²) in [7, 11) is 1.48. The molecule has 0 fully saturated rings. The van der Waals surface area contributed by atoms with Crippen molar-refractivity contribution in [3.63, 3.8) is 0 Å². The number of anilines is 1. The van der Waals surface area contributed by atoms with Gasteiger partial charge in [0.05, 0.1) is 12.1 Å². The van der Waals surface area contributed by atoms with E-state index in [1.54, 1.807) is 12.1 Å². The largest absolute Gasteiger partial charge is 0.495 e. The number of methoxy groups -OCH3 is 1. The highest BCUT2D eigenvalue weighted by Gasteiger charge is 2.14. The van der Waals surface area contributed by atoms with E-state index in [0.29, 0.717) is 16.5 Å². The molecule has 1 aromatic heterocycles. The average molecular weight is 296 g/mol. The predicted molar refractivity (Wildman–Crippen MR) is 71.0 cm³/mol.